The van der Waals surface area contributed by atoms with Gasteiger partial charge in [-0.2, -0.15) is 0 Å². The van der Waals surface area contributed by atoms with Crippen LogP contribution in [0.5, 0.6) is 0 Å². The van der Waals surface area contributed by atoms with Crippen molar-refractivity contribution in [2.45, 2.75) is 38.1 Å². The second-order valence-corrected chi connectivity index (χ2v) is 5.02. The van der Waals surface area contributed by atoms with Crippen molar-refractivity contribution in [3.8, 4) is 0 Å². The maximum Gasteiger partial charge on any atom is 0.307 e. The molecule has 0 radical (unpaired) electrons. The molecule has 18 heavy (non-hydrogen) atoms. The highest BCUT2D eigenvalue weighted by Crippen LogP contribution is 2.38. The number of nitrogens with one attached hydrogen (secondary N) is 2. The molecule has 0 aromatic heterocycles. The number of amides is 2. The molecule has 2 rings (SSSR count). The van der Waals surface area contributed by atoms with Gasteiger partial charge in [0, 0.05) is 19.0 Å². The molecule has 0 bridgehead atoms. The highest BCUT2D eigenvalue weighted by molar-refractivity contribution is 5.89. The standard InChI is InChI=1S/C12H18N2O4/c15-10(14-7-3-4-7)2-1-5-13-11(16)8-6-9(8)12(17)18/h7-9H,1-6H2,(H,13,16)(H,14,15)(H,17,18). The van der Waals surface area contributed by atoms with Crippen LogP contribution < -0.4 is 10.6 Å². The molecule has 2 atom stereocenters. The lowest BCUT2D eigenvalue weighted by molar-refractivity contribution is -0.140. The van der Waals surface area contributed by atoms with Gasteiger partial charge in [-0.3, -0.25) is 14.4 Å². The van der Waals surface area contributed by atoms with Crippen LogP contribution in [-0.4, -0.2) is 35.5 Å². The molecular weight excluding hydrogens is 236 g/mol. The van der Waals surface area contributed by atoms with Gasteiger partial charge >= 0.3 is 5.97 Å². The average molecular weight is 254 g/mol. The highest BCUT2D eigenvalue weighted by Gasteiger charge is 2.48. The van der Waals surface area contributed by atoms with Gasteiger partial charge in [0.25, 0.3) is 0 Å². The molecule has 2 fully saturated rings. The summed E-state index contributed by atoms with van der Waals surface area (Å²) in [7, 11) is 0. The summed E-state index contributed by atoms with van der Waals surface area (Å²) in [6.45, 7) is 0.430. The minimum atomic E-state index is -0.904. The zero-order valence-electron chi connectivity index (χ0n) is 10.1. The fraction of sp³-hybridized carbons (Fsp3) is 0.750. The Morgan fingerprint density at radius 2 is 1.89 bits per heavy atom. The van der Waals surface area contributed by atoms with Gasteiger partial charge in [-0.1, -0.05) is 0 Å². The number of aliphatic carboxylic acids is 1. The first-order chi connectivity index (χ1) is 8.58. The molecule has 0 aromatic rings. The molecule has 2 saturated carbocycles. The monoisotopic (exact) mass is 254 g/mol. The molecule has 6 nitrogen and oxygen atoms in total. The average Bonchev–Trinajstić information content (AvgIpc) is 3.14. The van der Waals surface area contributed by atoms with Crippen LogP contribution in [0.2, 0.25) is 0 Å². The van der Waals surface area contributed by atoms with Gasteiger partial charge in [-0.15, -0.1) is 0 Å². The van der Waals surface area contributed by atoms with Crippen molar-refractivity contribution in [1.29, 1.82) is 0 Å². The van der Waals surface area contributed by atoms with E-state index in [2.05, 4.69) is 10.6 Å². The van der Waals surface area contributed by atoms with E-state index in [1.807, 2.05) is 0 Å². The van der Waals surface area contributed by atoms with Gasteiger partial charge in [-0.25, -0.2) is 0 Å². The van der Waals surface area contributed by atoms with Crippen molar-refractivity contribution in [2.75, 3.05) is 6.54 Å². The van der Waals surface area contributed by atoms with Gasteiger partial charge < -0.3 is 15.7 Å². The van der Waals surface area contributed by atoms with E-state index < -0.39 is 11.9 Å². The molecule has 0 aromatic carbocycles. The lowest BCUT2D eigenvalue weighted by Gasteiger charge is -2.05. The number of carbonyl (C=O) groups is 3. The number of carboxylic acids is 1. The summed E-state index contributed by atoms with van der Waals surface area (Å²) >= 11 is 0. The fourth-order valence-electron chi connectivity index (χ4n) is 1.88. The van der Waals surface area contributed by atoms with E-state index in [9.17, 15) is 14.4 Å². The molecule has 3 N–H and O–H groups in total. The van der Waals surface area contributed by atoms with E-state index in [1.54, 1.807) is 0 Å². The van der Waals surface area contributed by atoms with Gasteiger partial charge in [-0.05, 0) is 25.7 Å². The van der Waals surface area contributed by atoms with Crippen LogP contribution >= 0.6 is 0 Å². The molecular formula is C12H18N2O4. The number of rotatable bonds is 7. The Kier molecular flexibility index (Phi) is 3.84. The van der Waals surface area contributed by atoms with Gasteiger partial charge in [0.1, 0.15) is 0 Å². The molecule has 100 valence electrons. The number of hydrogen-bond acceptors (Lipinski definition) is 3. The van der Waals surface area contributed by atoms with E-state index in [1.165, 1.54) is 0 Å². The Balaban J connectivity index is 1.51. The summed E-state index contributed by atoms with van der Waals surface area (Å²) < 4.78 is 0. The molecule has 0 aliphatic heterocycles. The summed E-state index contributed by atoms with van der Waals surface area (Å²) in [5.41, 5.74) is 0. The quantitative estimate of drug-likeness (QED) is 0.552. The summed E-state index contributed by atoms with van der Waals surface area (Å²) in [5.74, 6) is -1.96. The number of carboxylic acid groups (broad SMARTS) is 1. The van der Waals surface area contributed by atoms with Crippen molar-refractivity contribution in [2.24, 2.45) is 11.8 Å². The van der Waals surface area contributed by atoms with E-state index >= 15 is 0 Å². The SMILES string of the molecule is O=C(CCCNC(=O)C1CC1C(=O)O)NC1CC1. The van der Waals surface area contributed by atoms with Crippen LogP contribution in [0.3, 0.4) is 0 Å². The van der Waals surface area contributed by atoms with Gasteiger partial charge in [0.05, 0.1) is 11.8 Å². The van der Waals surface area contributed by atoms with Crippen LogP contribution in [-0.2, 0) is 14.4 Å². The molecule has 0 heterocycles. The zero-order chi connectivity index (χ0) is 13.1. The van der Waals surface area contributed by atoms with Crippen LogP contribution in [0.15, 0.2) is 0 Å². The molecule has 2 aliphatic carbocycles. The van der Waals surface area contributed by atoms with Crippen molar-refractivity contribution in [3.05, 3.63) is 0 Å². The maximum absolute atomic E-state index is 11.5. The topological polar surface area (TPSA) is 95.5 Å². The zero-order valence-corrected chi connectivity index (χ0v) is 10.1. The van der Waals surface area contributed by atoms with Crippen molar-refractivity contribution in [1.82, 2.24) is 10.6 Å². The summed E-state index contributed by atoms with van der Waals surface area (Å²) in [5, 5.41) is 14.2. The van der Waals surface area contributed by atoms with Gasteiger partial charge in [0.15, 0.2) is 0 Å². The van der Waals surface area contributed by atoms with E-state index in [0.717, 1.165) is 12.8 Å². The van der Waals surface area contributed by atoms with Crippen LogP contribution in [0.4, 0.5) is 0 Å². The third kappa shape index (κ3) is 3.72. The first-order valence-corrected chi connectivity index (χ1v) is 6.38. The summed E-state index contributed by atoms with van der Waals surface area (Å²) in [6, 6.07) is 0.370. The molecule has 6 heteroatoms. The molecule has 2 amide bonds. The van der Waals surface area contributed by atoms with Crippen molar-refractivity contribution >= 4 is 17.8 Å². The Morgan fingerprint density at radius 1 is 1.17 bits per heavy atom. The Hall–Kier alpha value is -1.59. The summed E-state index contributed by atoms with van der Waals surface area (Å²) in [4.78, 5) is 33.4. The van der Waals surface area contributed by atoms with E-state index in [4.69, 9.17) is 5.11 Å². The first kappa shape index (κ1) is 12.9. The Morgan fingerprint density at radius 3 is 2.44 bits per heavy atom. The summed E-state index contributed by atoms with van der Waals surface area (Å²) in [6.07, 6.45) is 3.57. The van der Waals surface area contributed by atoms with Crippen molar-refractivity contribution in [3.63, 3.8) is 0 Å². The molecule has 0 saturated heterocycles. The lowest BCUT2D eigenvalue weighted by atomic mass is 10.2. The highest BCUT2D eigenvalue weighted by atomic mass is 16.4. The third-order valence-corrected chi connectivity index (χ3v) is 3.27. The number of hydrogen-bond donors (Lipinski definition) is 3. The first-order valence-electron chi connectivity index (χ1n) is 6.38. The minimum absolute atomic E-state index is 0.0292. The number of carbonyl (C=O) groups excluding carboxylic acids is 2. The van der Waals surface area contributed by atoms with Crippen LogP contribution in [0.25, 0.3) is 0 Å². The molecule has 2 unspecified atom stereocenters. The van der Waals surface area contributed by atoms with Gasteiger partial charge in [0.2, 0.25) is 11.8 Å². The lowest BCUT2D eigenvalue weighted by Crippen LogP contribution is -2.29. The smallest absolute Gasteiger partial charge is 0.307 e. The van der Waals surface area contributed by atoms with Crippen LogP contribution in [0.1, 0.15) is 32.1 Å². The predicted octanol–water partition coefficient (Wildman–Crippen LogP) is -0.118. The normalized spacial score (nSPS) is 25.3. The maximum atomic E-state index is 11.5. The largest absolute Gasteiger partial charge is 0.481 e. The van der Waals surface area contributed by atoms with E-state index in [-0.39, 0.29) is 17.7 Å². The fourth-order valence-corrected chi connectivity index (χ4v) is 1.88. The van der Waals surface area contributed by atoms with E-state index in [0.29, 0.717) is 31.8 Å². The predicted molar refractivity (Wildman–Crippen MR) is 62.6 cm³/mol. The molecule has 0 spiro atoms. The Bertz CT molecular complexity index is 365. The minimum Gasteiger partial charge on any atom is -0.481 e. The molecule has 2 aliphatic rings. The Labute approximate surface area is 105 Å². The van der Waals surface area contributed by atoms with Crippen LogP contribution in [0, 0.1) is 11.8 Å². The second kappa shape index (κ2) is 5.37. The second-order valence-electron chi connectivity index (χ2n) is 5.02. The third-order valence-electron chi connectivity index (χ3n) is 3.27. The van der Waals surface area contributed by atoms with Crippen molar-refractivity contribution < 1.29 is 19.5 Å².